The maximum absolute atomic E-state index is 12.2. The van der Waals surface area contributed by atoms with Gasteiger partial charge in [0.25, 0.3) is 0 Å². The van der Waals surface area contributed by atoms with E-state index in [9.17, 15) is 4.79 Å². The molecule has 3 nitrogen and oxygen atoms in total. The van der Waals surface area contributed by atoms with Gasteiger partial charge in [0.15, 0.2) is 0 Å². The molecule has 5 heteroatoms. The highest BCUT2D eigenvalue weighted by atomic mass is 35.5. The lowest BCUT2D eigenvalue weighted by Crippen LogP contribution is -2.49. The van der Waals surface area contributed by atoms with Crippen molar-refractivity contribution in [2.45, 2.75) is 44.1 Å². The maximum atomic E-state index is 12.2. The third-order valence-corrected chi connectivity index (χ3v) is 5.38. The van der Waals surface area contributed by atoms with Gasteiger partial charge in [0, 0.05) is 12.6 Å². The highest BCUT2D eigenvalue weighted by Crippen LogP contribution is 2.45. The lowest BCUT2D eigenvalue weighted by atomic mass is 9.78. The fourth-order valence-electron chi connectivity index (χ4n) is 3.50. The summed E-state index contributed by atoms with van der Waals surface area (Å²) in [7, 11) is 2.06. The van der Waals surface area contributed by atoms with Crippen LogP contribution in [0.15, 0.2) is 12.1 Å². The number of nitrogens with zero attached hydrogens (tertiary/aromatic N) is 1. The van der Waals surface area contributed by atoms with Crippen LogP contribution in [0, 0.1) is 0 Å². The van der Waals surface area contributed by atoms with E-state index in [1.807, 2.05) is 6.07 Å². The minimum absolute atomic E-state index is 0.0656. The van der Waals surface area contributed by atoms with Gasteiger partial charge in [0.2, 0.25) is 5.91 Å². The van der Waals surface area contributed by atoms with E-state index in [1.54, 1.807) is 6.07 Å². The zero-order chi connectivity index (χ0) is 14.3. The number of benzene rings is 1. The molecule has 1 aliphatic carbocycles. The van der Waals surface area contributed by atoms with Crippen LogP contribution in [0.2, 0.25) is 10.0 Å². The largest absolute Gasteiger partial charge is 0.367 e. The Balaban J connectivity index is 2.10. The Morgan fingerprint density at radius 2 is 1.80 bits per heavy atom. The van der Waals surface area contributed by atoms with Gasteiger partial charge in [-0.2, -0.15) is 0 Å². The van der Waals surface area contributed by atoms with Crippen LogP contribution in [0.1, 0.15) is 38.5 Å². The predicted octanol–water partition coefficient (Wildman–Crippen LogP) is 4.47. The van der Waals surface area contributed by atoms with Crippen LogP contribution in [0.5, 0.6) is 0 Å². The zero-order valence-electron chi connectivity index (χ0n) is 11.5. The number of rotatable bonds is 0. The molecule has 1 fully saturated rings. The van der Waals surface area contributed by atoms with Crippen LogP contribution in [0.3, 0.4) is 0 Å². The highest BCUT2D eigenvalue weighted by Gasteiger charge is 2.41. The summed E-state index contributed by atoms with van der Waals surface area (Å²) in [5.74, 6) is 0.0656. The Bertz CT molecular complexity index is 553. The van der Waals surface area contributed by atoms with Gasteiger partial charge in [0.05, 0.1) is 27.8 Å². The first kappa shape index (κ1) is 14.0. The van der Waals surface area contributed by atoms with Crippen molar-refractivity contribution in [2.24, 2.45) is 0 Å². The van der Waals surface area contributed by atoms with Gasteiger partial charge in [0.1, 0.15) is 0 Å². The number of carbonyl (C=O) groups is 1. The topological polar surface area (TPSA) is 32.3 Å². The van der Waals surface area contributed by atoms with Gasteiger partial charge in [-0.05, 0) is 25.0 Å². The maximum Gasteiger partial charge on any atom is 0.226 e. The average molecular weight is 313 g/mol. The minimum atomic E-state index is -0.0786. The van der Waals surface area contributed by atoms with Gasteiger partial charge in [-0.15, -0.1) is 0 Å². The van der Waals surface area contributed by atoms with Crippen molar-refractivity contribution in [3.05, 3.63) is 22.2 Å². The van der Waals surface area contributed by atoms with Crippen molar-refractivity contribution >= 4 is 40.5 Å². The molecule has 0 saturated heterocycles. The summed E-state index contributed by atoms with van der Waals surface area (Å²) in [6.07, 6.45) is 6.24. The zero-order valence-corrected chi connectivity index (χ0v) is 13.0. The lowest BCUT2D eigenvalue weighted by molar-refractivity contribution is -0.117. The number of carbonyl (C=O) groups excluding carboxylic acids is 1. The molecule has 2 aliphatic rings. The van der Waals surface area contributed by atoms with E-state index in [0.717, 1.165) is 24.2 Å². The number of halogens is 2. The number of amides is 1. The van der Waals surface area contributed by atoms with E-state index in [-0.39, 0.29) is 11.4 Å². The summed E-state index contributed by atoms with van der Waals surface area (Å²) in [6, 6.07) is 3.61. The quantitative estimate of drug-likeness (QED) is 0.766. The molecule has 0 unspecified atom stereocenters. The Kier molecular flexibility index (Phi) is 3.59. The standard InChI is InChI=1S/C15H18Cl2N2O/c1-19-13-8-11(17)10(16)7-12(13)18-14(20)9-15(19)5-3-2-4-6-15/h7-8H,2-6,9H2,1H3,(H,18,20). The minimum Gasteiger partial charge on any atom is -0.367 e. The van der Waals surface area contributed by atoms with E-state index in [1.165, 1.54) is 19.3 Å². The lowest BCUT2D eigenvalue weighted by Gasteiger charge is -2.44. The number of anilines is 2. The van der Waals surface area contributed by atoms with E-state index < -0.39 is 0 Å². The average Bonchev–Trinajstić information content (AvgIpc) is 2.50. The molecule has 1 aromatic carbocycles. The van der Waals surface area contributed by atoms with Crippen LogP contribution in [0.4, 0.5) is 11.4 Å². The summed E-state index contributed by atoms with van der Waals surface area (Å²) >= 11 is 12.2. The van der Waals surface area contributed by atoms with Crippen molar-refractivity contribution in [2.75, 3.05) is 17.3 Å². The molecule has 0 atom stereocenters. The van der Waals surface area contributed by atoms with Crippen molar-refractivity contribution in [3.63, 3.8) is 0 Å². The summed E-state index contributed by atoms with van der Waals surface area (Å²) < 4.78 is 0. The van der Waals surface area contributed by atoms with Crippen LogP contribution in [0.25, 0.3) is 0 Å². The Morgan fingerprint density at radius 3 is 2.50 bits per heavy atom. The van der Waals surface area contributed by atoms with Crippen molar-refractivity contribution in [3.8, 4) is 0 Å². The van der Waals surface area contributed by atoms with Crippen LogP contribution in [-0.2, 0) is 4.79 Å². The second kappa shape index (κ2) is 5.12. The molecule has 0 aromatic heterocycles. The van der Waals surface area contributed by atoms with Gasteiger partial charge in [-0.1, -0.05) is 42.5 Å². The molecule has 0 radical (unpaired) electrons. The predicted molar refractivity (Wildman–Crippen MR) is 83.9 cm³/mol. The molecule has 1 spiro atoms. The third kappa shape index (κ3) is 2.27. The third-order valence-electron chi connectivity index (χ3n) is 4.66. The number of nitrogens with one attached hydrogen (secondary N) is 1. The normalized spacial score (nSPS) is 21.4. The van der Waals surface area contributed by atoms with E-state index >= 15 is 0 Å². The van der Waals surface area contributed by atoms with Crippen LogP contribution < -0.4 is 10.2 Å². The Labute approximate surface area is 129 Å². The van der Waals surface area contributed by atoms with E-state index in [2.05, 4.69) is 17.3 Å². The van der Waals surface area contributed by atoms with Gasteiger partial charge < -0.3 is 10.2 Å². The van der Waals surface area contributed by atoms with Crippen LogP contribution in [-0.4, -0.2) is 18.5 Å². The summed E-state index contributed by atoms with van der Waals surface area (Å²) in [5, 5.41) is 3.97. The van der Waals surface area contributed by atoms with Crippen molar-refractivity contribution in [1.29, 1.82) is 0 Å². The number of fused-ring (bicyclic) bond motifs is 1. The molecule has 1 aliphatic heterocycles. The first-order valence-corrected chi connectivity index (χ1v) is 7.80. The summed E-state index contributed by atoms with van der Waals surface area (Å²) in [5.41, 5.74) is 1.64. The molecule has 1 aromatic rings. The van der Waals surface area contributed by atoms with Gasteiger partial charge >= 0.3 is 0 Å². The Hall–Kier alpha value is -0.930. The molecule has 1 saturated carbocycles. The first-order valence-electron chi connectivity index (χ1n) is 7.05. The molecular weight excluding hydrogens is 295 g/mol. The van der Waals surface area contributed by atoms with Gasteiger partial charge in [-0.25, -0.2) is 0 Å². The molecule has 3 rings (SSSR count). The first-order chi connectivity index (χ1) is 9.52. The van der Waals surface area contributed by atoms with Crippen LogP contribution >= 0.6 is 23.2 Å². The summed E-state index contributed by atoms with van der Waals surface area (Å²) in [4.78, 5) is 14.5. The number of hydrogen-bond acceptors (Lipinski definition) is 2. The molecular formula is C15H18Cl2N2O. The van der Waals surface area contributed by atoms with E-state index in [4.69, 9.17) is 23.2 Å². The molecule has 1 N–H and O–H groups in total. The SMILES string of the molecule is CN1c2cc(Cl)c(Cl)cc2NC(=O)CC12CCCCC2. The molecule has 108 valence electrons. The van der Waals surface area contributed by atoms with Crippen molar-refractivity contribution < 1.29 is 4.79 Å². The second-order valence-electron chi connectivity index (χ2n) is 5.85. The smallest absolute Gasteiger partial charge is 0.226 e. The van der Waals surface area contributed by atoms with E-state index in [0.29, 0.717) is 16.5 Å². The fraction of sp³-hybridized carbons (Fsp3) is 0.533. The monoisotopic (exact) mass is 312 g/mol. The second-order valence-corrected chi connectivity index (χ2v) is 6.67. The highest BCUT2D eigenvalue weighted by molar-refractivity contribution is 6.42. The summed E-state index contributed by atoms with van der Waals surface area (Å²) in [6.45, 7) is 0. The van der Waals surface area contributed by atoms with Gasteiger partial charge in [-0.3, -0.25) is 4.79 Å². The van der Waals surface area contributed by atoms with Crippen molar-refractivity contribution in [1.82, 2.24) is 0 Å². The number of hydrogen-bond donors (Lipinski definition) is 1. The molecule has 20 heavy (non-hydrogen) atoms. The Morgan fingerprint density at radius 1 is 1.15 bits per heavy atom. The fourth-order valence-corrected chi connectivity index (χ4v) is 3.82. The molecule has 1 amide bonds. The molecule has 1 heterocycles. The molecule has 0 bridgehead atoms.